The molecule has 4 rings (SSSR count). The summed E-state index contributed by atoms with van der Waals surface area (Å²) in [7, 11) is 0. The van der Waals surface area contributed by atoms with Crippen LogP contribution in [-0.2, 0) is 17.8 Å². The van der Waals surface area contributed by atoms with Gasteiger partial charge >= 0.3 is 0 Å². The third-order valence-corrected chi connectivity index (χ3v) is 5.93. The molecule has 1 N–H and O–H groups in total. The summed E-state index contributed by atoms with van der Waals surface area (Å²) in [6.45, 7) is 4.62. The number of hydrogen-bond donors (Lipinski definition) is 1. The summed E-state index contributed by atoms with van der Waals surface area (Å²) in [5.74, 6) is 1.89. The van der Waals surface area contributed by atoms with Crippen molar-refractivity contribution in [1.82, 2.24) is 14.8 Å². The standard InChI is InChI=1S/C21H25N5O2S/c1-2-16-7-9-17(10-8-16)22-19(27)15-29-21-24-23-20(25-11-3-4-12-25)26(21)14-18-6-5-13-28-18/h5-10,13H,2-4,11-12,14-15H2,1H3,(H,22,27). The molecule has 0 bridgehead atoms. The van der Waals surface area contributed by atoms with Crippen LogP contribution in [0.2, 0.25) is 0 Å². The SMILES string of the molecule is CCc1ccc(NC(=O)CSc2nnc(N3CCCC3)n2Cc2ccco2)cc1. The summed E-state index contributed by atoms with van der Waals surface area (Å²) in [5.41, 5.74) is 2.06. The molecule has 1 aliphatic rings. The molecule has 1 aliphatic heterocycles. The highest BCUT2D eigenvalue weighted by atomic mass is 32.2. The number of carbonyl (C=O) groups excluding carboxylic acids is 1. The van der Waals surface area contributed by atoms with Gasteiger partial charge in [-0.15, -0.1) is 10.2 Å². The Kier molecular flexibility index (Phi) is 6.19. The van der Waals surface area contributed by atoms with Crippen molar-refractivity contribution in [2.24, 2.45) is 0 Å². The van der Waals surface area contributed by atoms with Crippen LogP contribution >= 0.6 is 11.8 Å². The molecule has 0 spiro atoms. The fourth-order valence-electron chi connectivity index (χ4n) is 3.39. The van der Waals surface area contributed by atoms with Gasteiger partial charge in [-0.05, 0) is 49.1 Å². The molecule has 8 heteroatoms. The van der Waals surface area contributed by atoms with Crippen LogP contribution in [0.15, 0.2) is 52.2 Å². The van der Waals surface area contributed by atoms with Crippen LogP contribution in [0.5, 0.6) is 0 Å². The van der Waals surface area contributed by atoms with Gasteiger partial charge in [0.2, 0.25) is 11.9 Å². The van der Waals surface area contributed by atoms with Gasteiger partial charge in [-0.2, -0.15) is 0 Å². The van der Waals surface area contributed by atoms with E-state index in [9.17, 15) is 4.79 Å². The second kappa shape index (κ2) is 9.17. The zero-order valence-electron chi connectivity index (χ0n) is 16.5. The van der Waals surface area contributed by atoms with E-state index in [1.807, 2.05) is 41.0 Å². The van der Waals surface area contributed by atoms with Crippen LogP contribution in [0.25, 0.3) is 0 Å². The Morgan fingerprint density at radius 1 is 1.17 bits per heavy atom. The van der Waals surface area contributed by atoms with Crippen LogP contribution < -0.4 is 10.2 Å². The predicted octanol–water partition coefficient (Wildman–Crippen LogP) is 3.81. The molecule has 0 saturated carbocycles. The maximum absolute atomic E-state index is 12.4. The van der Waals surface area contributed by atoms with E-state index < -0.39 is 0 Å². The van der Waals surface area contributed by atoms with E-state index in [-0.39, 0.29) is 11.7 Å². The number of amides is 1. The molecule has 0 aliphatic carbocycles. The zero-order chi connectivity index (χ0) is 20.1. The fraction of sp³-hybridized carbons (Fsp3) is 0.381. The molecule has 1 amide bonds. The quantitative estimate of drug-likeness (QED) is 0.568. The number of aromatic nitrogens is 3. The van der Waals surface area contributed by atoms with E-state index >= 15 is 0 Å². The highest BCUT2D eigenvalue weighted by Crippen LogP contribution is 2.26. The van der Waals surface area contributed by atoms with Gasteiger partial charge in [0.25, 0.3) is 0 Å². The molecule has 0 radical (unpaired) electrons. The molecule has 152 valence electrons. The number of nitrogens with zero attached hydrogens (tertiary/aromatic N) is 4. The lowest BCUT2D eigenvalue weighted by atomic mass is 10.1. The number of nitrogens with one attached hydrogen (secondary N) is 1. The van der Waals surface area contributed by atoms with Crippen molar-refractivity contribution in [2.75, 3.05) is 29.1 Å². The first kappa shape index (κ1) is 19.6. The first-order valence-electron chi connectivity index (χ1n) is 9.95. The molecule has 1 aromatic carbocycles. The Bertz CT molecular complexity index is 931. The van der Waals surface area contributed by atoms with E-state index in [1.54, 1.807) is 6.26 Å². The minimum Gasteiger partial charge on any atom is -0.467 e. The molecular weight excluding hydrogens is 386 g/mol. The molecular formula is C21H25N5O2S. The van der Waals surface area contributed by atoms with Gasteiger partial charge in [0.15, 0.2) is 5.16 Å². The van der Waals surface area contributed by atoms with E-state index in [4.69, 9.17) is 4.42 Å². The van der Waals surface area contributed by atoms with Gasteiger partial charge in [0.1, 0.15) is 5.76 Å². The summed E-state index contributed by atoms with van der Waals surface area (Å²) < 4.78 is 7.56. The molecule has 1 saturated heterocycles. The number of hydrogen-bond acceptors (Lipinski definition) is 6. The van der Waals surface area contributed by atoms with Crippen LogP contribution in [0, 0.1) is 0 Å². The first-order valence-corrected chi connectivity index (χ1v) is 10.9. The summed E-state index contributed by atoms with van der Waals surface area (Å²) in [6, 6.07) is 11.8. The third kappa shape index (κ3) is 4.82. The molecule has 7 nitrogen and oxygen atoms in total. The van der Waals surface area contributed by atoms with Crippen LogP contribution in [0.3, 0.4) is 0 Å². The molecule has 0 unspecified atom stereocenters. The first-order chi connectivity index (χ1) is 14.2. The van der Waals surface area contributed by atoms with Crippen molar-refractivity contribution in [2.45, 2.75) is 37.9 Å². The Morgan fingerprint density at radius 2 is 1.97 bits per heavy atom. The number of aryl methyl sites for hydroxylation is 1. The van der Waals surface area contributed by atoms with Crippen molar-refractivity contribution in [3.8, 4) is 0 Å². The number of furan rings is 1. The van der Waals surface area contributed by atoms with Gasteiger partial charge in [0.05, 0.1) is 18.6 Å². The summed E-state index contributed by atoms with van der Waals surface area (Å²) in [4.78, 5) is 14.7. The third-order valence-electron chi connectivity index (χ3n) is 4.96. The Labute approximate surface area is 174 Å². The highest BCUT2D eigenvalue weighted by molar-refractivity contribution is 7.99. The molecule has 29 heavy (non-hydrogen) atoms. The Balaban J connectivity index is 1.43. The average molecular weight is 412 g/mol. The molecule has 3 heterocycles. The van der Waals surface area contributed by atoms with Crippen LogP contribution in [0.1, 0.15) is 31.1 Å². The molecule has 1 fully saturated rings. The smallest absolute Gasteiger partial charge is 0.234 e. The number of rotatable bonds is 8. The van der Waals surface area contributed by atoms with Crippen molar-refractivity contribution in [3.63, 3.8) is 0 Å². The number of thioether (sulfide) groups is 1. The largest absolute Gasteiger partial charge is 0.467 e. The number of anilines is 2. The van der Waals surface area contributed by atoms with E-state index in [1.165, 1.54) is 17.3 Å². The lowest BCUT2D eigenvalue weighted by Gasteiger charge is -2.17. The van der Waals surface area contributed by atoms with Crippen LogP contribution in [-0.4, -0.2) is 39.5 Å². The van der Waals surface area contributed by atoms with E-state index in [0.29, 0.717) is 6.54 Å². The van der Waals surface area contributed by atoms with Gasteiger partial charge < -0.3 is 14.6 Å². The predicted molar refractivity (Wildman–Crippen MR) is 114 cm³/mol. The molecule has 2 aromatic heterocycles. The van der Waals surface area contributed by atoms with Crippen molar-refractivity contribution in [1.29, 1.82) is 0 Å². The summed E-state index contributed by atoms with van der Waals surface area (Å²) >= 11 is 1.39. The van der Waals surface area contributed by atoms with E-state index in [0.717, 1.165) is 54.9 Å². The maximum atomic E-state index is 12.4. The van der Waals surface area contributed by atoms with Crippen molar-refractivity contribution < 1.29 is 9.21 Å². The Hall–Kier alpha value is -2.74. The molecule has 0 atom stereocenters. The van der Waals surface area contributed by atoms with Gasteiger partial charge in [0, 0.05) is 18.8 Å². The highest BCUT2D eigenvalue weighted by Gasteiger charge is 2.22. The van der Waals surface area contributed by atoms with Gasteiger partial charge in [-0.1, -0.05) is 30.8 Å². The summed E-state index contributed by atoms with van der Waals surface area (Å²) in [6.07, 6.45) is 4.97. The minimum absolute atomic E-state index is 0.0606. The second-order valence-corrected chi connectivity index (χ2v) is 7.97. The normalized spacial score (nSPS) is 13.8. The zero-order valence-corrected chi connectivity index (χ0v) is 17.3. The maximum Gasteiger partial charge on any atom is 0.234 e. The number of benzene rings is 1. The van der Waals surface area contributed by atoms with Crippen molar-refractivity contribution in [3.05, 3.63) is 54.0 Å². The Morgan fingerprint density at radius 3 is 2.66 bits per heavy atom. The second-order valence-electron chi connectivity index (χ2n) is 7.03. The topological polar surface area (TPSA) is 76.2 Å². The monoisotopic (exact) mass is 411 g/mol. The van der Waals surface area contributed by atoms with Gasteiger partial charge in [-0.25, -0.2) is 0 Å². The van der Waals surface area contributed by atoms with Crippen molar-refractivity contribution >= 4 is 29.3 Å². The molecule has 3 aromatic rings. The lowest BCUT2D eigenvalue weighted by Crippen LogP contribution is -2.22. The minimum atomic E-state index is -0.0606. The van der Waals surface area contributed by atoms with E-state index in [2.05, 4.69) is 27.3 Å². The average Bonchev–Trinajstić information content (AvgIpc) is 3.50. The van der Waals surface area contributed by atoms with Crippen LogP contribution in [0.4, 0.5) is 11.6 Å². The fourth-order valence-corrected chi connectivity index (χ4v) is 4.12. The lowest BCUT2D eigenvalue weighted by molar-refractivity contribution is -0.113. The van der Waals surface area contributed by atoms with Gasteiger partial charge in [-0.3, -0.25) is 9.36 Å². The summed E-state index contributed by atoms with van der Waals surface area (Å²) in [5, 5.41) is 12.4. The number of carbonyl (C=O) groups is 1.